The molecule has 26 heavy (non-hydrogen) atoms. The molecule has 3 rings (SSSR count). The highest BCUT2D eigenvalue weighted by Gasteiger charge is 2.35. The van der Waals surface area contributed by atoms with E-state index in [9.17, 15) is 21.6 Å². The highest BCUT2D eigenvalue weighted by molar-refractivity contribution is 7.89. The maximum atomic E-state index is 12.9. The minimum absolute atomic E-state index is 0.0572. The first kappa shape index (κ1) is 18.9. The molecule has 0 saturated carbocycles. The van der Waals surface area contributed by atoms with Gasteiger partial charge in [-0.25, -0.2) is 8.42 Å². The van der Waals surface area contributed by atoms with Crippen molar-refractivity contribution in [3.63, 3.8) is 0 Å². The first-order chi connectivity index (χ1) is 12.2. The molecule has 0 N–H and O–H groups in total. The second-order valence-electron chi connectivity index (χ2n) is 6.16. The van der Waals surface area contributed by atoms with Crippen LogP contribution in [0.4, 0.5) is 13.2 Å². The summed E-state index contributed by atoms with van der Waals surface area (Å²) >= 11 is 0. The summed E-state index contributed by atoms with van der Waals surface area (Å²) in [6.45, 7) is 2.27. The zero-order valence-electron chi connectivity index (χ0n) is 14.0. The molecular weight excluding hydrogens is 367 g/mol. The molecule has 4 nitrogen and oxygen atoms in total. The van der Waals surface area contributed by atoms with Crippen LogP contribution < -0.4 is 0 Å². The fourth-order valence-electron chi connectivity index (χ4n) is 2.81. The van der Waals surface area contributed by atoms with Crippen LogP contribution in [-0.2, 0) is 20.9 Å². The maximum absolute atomic E-state index is 12.9. The van der Waals surface area contributed by atoms with Crippen molar-refractivity contribution in [3.8, 4) is 0 Å². The van der Waals surface area contributed by atoms with Gasteiger partial charge < -0.3 is 4.74 Å². The van der Waals surface area contributed by atoms with Crippen molar-refractivity contribution in [3.05, 3.63) is 65.2 Å². The number of hydrogen-bond acceptors (Lipinski definition) is 3. The van der Waals surface area contributed by atoms with Crippen molar-refractivity contribution in [2.45, 2.75) is 24.1 Å². The van der Waals surface area contributed by atoms with E-state index < -0.39 is 27.9 Å². The molecule has 1 saturated heterocycles. The van der Waals surface area contributed by atoms with Gasteiger partial charge in [-0.3, -0.25) is 0 Å². The second-order valence-corrected chi connectivity index (χ2v) is 8.10. The minimum atomic E-state index is -4.60. The molecule has 1 fully saturated rings. The fraction of sp³-hybridized carbons (Fsp3) is 0.333. The summed E-state index contributed by atoms with van der Waals surface area (Å²) in [6, 6.07) is 11.3. The lowest BCUT2D eigenvalue weighted by Gasteiger charge is -2.32. The number of aryl methyl sites for hydroxylation is 1. The van der Waals surface area contributed by atoms with Gasteiger partial charge in [0.1, 0.15) is 0 Å². The number of benzene rings is 2. The van der Waals surface area contributed by atoms with E-state index in [4.69, 9.17) is 4.74 Å². The predicted octanol–water partition coefficient (Wildman–Crippen LogP) is 3.78. The molecule has 1 atom stereocenters. The summed E-state index contributed by atoms with van der Waals surface area (Å²) in [5.74, 6) is 0. The third-order valence-corrected chi connectivity index (χ3v) is 6.14. The van der Waals surface area contributed by atoms with E-state index in [1.165, 1.54) is 10.4 Å². The monoisotopic (exact) mass is 385 g/mol. The van der Waals surface area contributed by atoms with Crippen LogP contribution in [0.1, 0.15) is 22.8 Å². The normalized spacial score (nSPS) is 19.5. The molecule has 0 aromatic heterocycles. The average Bonchev–Trinajstić information content (AvgIpc) is 2.62. The lowest BCUT2D eigenvalue weighted by atomic mass is 10.1. The van der Waals surface area contributed by atoms with Crippen LogP contribution in [0.3, 0.4) is 0 Å². The van der Waals surface area contributed by atoms with Crippen LogP contribution in [-0.4, -0.2) is 32.4 Å². The number of alkyl halides is 3. The summed E-state index contributed by atoms with van der Waals surface area (Å²) in [5.41, 5.74) is 0.916. The maximum Gasteiger partial charge on any atom is 0.416 e. The van der Waals surface area contributed by atoms with Gasteiger partial charge in [-0.2, -0.15) is 17.5 Å². The van der Waals surface area contributed by atoms with Crippen molar-refractivity contribution in [1.82, 2.24) is 4.31 Å². The third kappa shape index (κ3) is 3.92. The summed E-state index contributed by atoms with van der Waals surface area (Å²) in [6.07, 6.45) is -5.05. The molecule has 8 heteroatoms. The Hall–Kier alpha value is -1.90. The van der Waals surface area contributed by atoms with Gasteiger partial charge in [-0.15, -0.1) is 0 Å². The molecule has 0 aliphatic carbocycles. The van der Waals surface area contributed by atoms with Crippen LogP contribution in [0.5, 0.6) is 0 Å². The van der Waals surface area contributed by atoms with E-state index in [0.717, 1.165) is 23.3 Å². The van der Waals surface area contributed by atoms with Gasteiger partial charge in [-0.1, -0.05) is 35.9 Å². The molecule has 2 aromatic carbocycles. The topological polar surface area (TPSA) is 46.6 Å². The van der Waals surface area contributed by atoms with E-state index in [1.54, 1.807) is 0 Å². The van der Waals surface area contributed by atoms with Gasteiger partial charge in [0.2, 0.25) is 10.0 Å². The number of rotatable bonds is 3. The Bertz CT molecular complexity index is 879. The average molecular weight is 385 g/mol. The Labute approximate surface area is 150 Å². The molecule has 0 amide bonds. The lowest BCUT2D eigenvalue weighted by Crippen LogP contribution is -2.42. The van der Waals surface area contributed by atoms with Crippen LogP contribution in [0.25, 0.3) is 0 Å². The molecule has 1 aliphatic heterocycles. The lowest BCUT2D eigenvalue weighted by molar-refractivity contribution is -0.137. The van der Waals surface area contributed by atoms with Gasteiger partial charge in [0, 0.05) is 13.1 Å². The SMILES string of the molecule is Cc1ccc(C2CN(S(=O)(=O)c3cccc(C(F)(F)F)c3)CCO2)cc1. The summed E-state index contributed by atoms with van der Waals surface area (Å²) in [4.78, 5) is -0.364. The number of morpholine rings is 1. The largest absolute Gasteiger partial charge is 0.416 e. The van der Waals surface area contributed by atoms with E-state index in [-0.39, 0.29) is 24.6 Å². The first-order valence-electron chi connectivity index (χ1n) is 8.03. The Balaban J connectivity index is 1.86. The smallest absolute Gasteiger partial charge is 0.371 e. The van der Waals surface area contributed by atoms with Crippen LogP contribution >= 0.6 is 0 Å². The Morgan fingerprint density at radius 2 is 1.81 bits per heavy atom. The van der Waals surface area contributed by atoms with E-state index in [0.29, 0.717) is 6.07 Å². The number of ether oxygens (including phenoxy) is 1. The summed E-state index contributed by atoms with van der Waals surface area (Å²) < 4.78 is 71.1. The number of halogens is 3. The molecule has 140 valence electrons. The van der Waals surface area contributed by atoms with Crippen LogP contribution in [0.15, 0.2) is 53.4 Å². The van der Waals surface area contributed by atoms with Gasteiger partial charge >= 0.3 is 6.18 Å². The molecular formula is C18H18F3NO3S. The predicted molar refractivity (Wildman–Crippen MR) is 90.1 cm³/mol. The number of sulfonamides is 1. The highest BCUT2D eigenvalue weighted by Crippen LogP contribution is 2.32. The Kier molecular flexibility index (Phi) is 5.09. The molecule has 1 aliphatic rings. The van der Waals surface area contributed by atoms with Gasteiger partial charge in [0.15, 0.2) is 0 Å². The molecule has 2 aromatic rings. The van der Waals surface area contributed by atoms with Gasteiger partial charge in [0.05, 0.1) is 23.2 Å². The molecule has 0 radical (unpaired) electrons. The molecule has 0 spiro atoms. The third-order valence-electron chi connectivity index (χ3n) is 4.28. The van der Waals surface area contributed by atoms with Gasteiger partial charge in [-0.05, 0) is 30.7 Å². The van der Waals surface area contributed by atoms with E-state index in [1.807, 2.05) is 31.2 Å². The van der Waals surface area contributed by atoms with Crippen molar-refractivity contribution in [2.75, 3.05) is 19.7 Å². The summed E-state index contributed by atoms with van der Waals surface area (Å²) in [5, 5.41) is 0. The fourth-order valence-corrected chi connectivity index (χ4v) is 4.28. The molecule has 0 bridgehead atoms. The van der Waals surface area contributed by atoms with Gasteiger partial charge in [0.25, 0.3) is 0 Å². The minimum Gasteiger partial charge on any atom is -0.371 e. The molecule has 1 unspecified atom stereocenters. The quantitative estimate of drug-likeness (QED) is 0.808. The Morgan fingerprint density at radius 3 is 2.46 bits per heavy atom. The molecule has 1 heterocycles. The standard InChI is InChI=1S/C18H18F3NO3S/c1-13-5-7-14(8-6-13)17-12-22(9-10-25-17)26(23,24)16-4-2-3-15(11-16)18(19,20)21/h2-8,11,17H,9-10,12H2,1H3. The van der Waals surface area contributed by atoms with E-state index in [2.05, 4.69) is 0 Å². The highest BCUT2D eigenvalue weighted by atomic mass is 32.2. The second kappa shape index (κ2) is 7.02. The van der Waals surface area contributed by atoms with Crippen LogP contribution in [0.2, 0.25) is 0 Å². The number of nitrogens with zero attached hydrogens (tertiary/aromatic N) is 1. The Morgan fingerprint density at radius 1 is 1.12 bits per heavy atom. The zero-order valence-corrected chi connectivity index (χ0v) is 14.8. The van der Waals surface area contributed by atoms with E-state index >= 15 is 0 Å². The van der Waals surface area contributed by atoms with Crippen molar-refractivity contribution >= 4 is 10.0 Å². The van der Waals surface area contributed by atoms with Crippen molar-refractivity contribution in [2.24, 2.45) is 0 Å². The van der Waals surface area contributed by atoms with Crippen molar-refractivity contribution in [1.29, 1.82) is 0 Å². The number of hydrogen-bond donors (Lipinski definition) is 0. The summed E-state index contributed by atoms with van der Waals surface area (Å²) in [7, 11) is -4.04. The zero-order chi connectivity index (χ0) is 18.9. The van der Waals surface area contributed by atoms with Crippen molar-refractivity contribution < 1.29 is 26.3 Å². The van der Waals surface area contributed by atoms with Crippen LogP contribution in [0, 0.1) is 6.92 Å². The first-order valence-corrected chi connectivity index (χ1v) is 9.47.